The molecule has 10 heteroatoms. The molecule has 2 aliphatic rings. The SMILES string of the molecule is [C-]#[N+]c1cc(C)cc2c1C[C@H](N1CCC[C@H](C)C1)[C@H]2Oc1ccc(S(=O)(=O)NCCOCCOCCN)cc1. The van der Waals surface area contributed by atoms with Gasteiger partial charge >= 0.3 is 0 Å². The maximum atomic E-state index is 12.7. The number of ether oxygens (including phenoxy) is 3. The molecule has 3 N–H and O–H groups in total. The lowest BCUT2D eigenvalue weighted by Gasteiger charge is -2.38. The van der Waals surface area contributed by atoms with Crippen LogP contribution in [0.1, 0.15) is 42.6 Å². The molecule has 1 fully saturated rings. The number of fused-ring (bicyclic) bond motifs is 1. The van der Waals surface area contributed by atoms with Gasteiger partial charge in [0.1, 0.15) is 11.9 Å². The van der Waals surface area contributed by atoms with Crippen molar-refractivity contribution >= 4 is 15.7 Å². The summed E-state index contributed by atoms with van der Waals surface area (Å²) >= 11 is 0. The van der Waals surface area contributed by atoms with E-state index in [2.05, 4.69) is 27.5 Å². The second-order valence-corrected chi connectivity index (χ2v) is 12.2. The van der Waals surface area contributed by atoms with Gasteiger partial charge in [0.25, 0.3) is 0 Å². The van der Waals surface area contributed by atoms with Gasteiger partial charge in [-0.1, -0.05) is 24.6 Å². The van der Waals surface area contributed by atoms with Crippen molar-refractivity contribution in [3.05, 3.63) is 64.5 Å². The Bertz CT molecular complexity index is 1250. The van der Waals surface area contributed by atoms with E-state index in [1.54, 1.807) is 24.3 Å². The highest BCUT2D eigenvalue weighted by atomic mass is 32.2. The number of nitrogens with two attached hydrogens (primary N) is 1. The van der Waals surface area contributed by atoms with Gasteiger partial charge in [-0.15, -0.1) is 0 Å². The summed E-state index contributed by atoms with van der Waals surface area (Å²) in [5.41, 5.74) is 9.24. The second kappa shape index (κ2) is 13.7. The van der Waals surface area contributed by atoms with Crippen molar-refractivity contribution < 1.29 is 22.6 Å². The number of benzene rings is 2. The van der Waals surface area contributed by atoms with Crippen molar-refractivity contribution in [3.63, 3.8) is 0 Å². The van der Waals surface area contributed by atoms with Crippen molar-refractivity contribution in [2.24, 2.45) is 11.7 Å². The van der Waals surface area contributed by atoms with Gasteiger partial charge in [0.2, 0.25) is 10.0 Å². The summed E-state index contributed by atoms with van der Waals surface area (Å²) in [5, 5.41) is 0. The molecular weight excluding hydrogens is 516 g/mol. The molecule has 1 aliphatic carbocycles. The van der Waals surface area contributed by atoms with Crippen LogP contribution >= 0.6 is 0 Å². The summed E-state index contributed by atoms with van der Waals surface area (Å²) in [7, 11) is -3.68. The van der Waals surface area contributed by atoms with E-state index < -0.39 is 10.0 Å². The van der Waals surface area contributed by atoms with Gasteiger partial charge in [-0.05, 0) is 74.0 Å². The van der Waals surface area contributed by atoms with Crippen LogP contribution in [0.3, 0.4) is 0 Å². The van der Waals surface area contributed by atoms with Crippen molar-refractivity contribution in [1.82, 2.24) is 9.62 Å². The quantitative estimate of drug-likeness (QED) is 0.287. The number of nitrogens with one attached hydrogen (secondary N) is 1. The fraction of sp³-hybridized carbons (Fsp3) is 0.552. The molecule has 1 saturated heterocycles. The van der Waals surface area contributed by atoms with Crippen LogP contribution in [0.15, 0.2) is 41.3 Å². The fourth-order valence-electron chi connectivity index (χ4n) is 5.49. The Morgan fingerprint density at radius 2 is 1.87 bits per heavy atom. The molecule has 1 heterocycles. The lowest BCUT2D eigenvalue weighted by atomic mass is 9.97. The lowest BCUT2D eigenvalue weighted by Crippen LogP contribution is -2.45. The summed E-state index contributed by atoms with van der Waals surface area (Å²) in [5.74, 6) is 1.23. The molecule has 0 radical (unpaired) electrons. The Balaban J connectivity index is 1.43. The zero-order valence-corrected chi connectivity index (χ0v) is 23.7. The van der Waals surface area contributed by atoms with Crippen LogP contribution in [0, 0.1) is 19.4 Å². The van der Waals surface area contributed by atoms with Gasteiger partial charge in [0.15, 0.2) is 5.69 Å². The molecule has 3 atom stereocenters. The number of hydrogen-bond acceptors (Lipinski definition) is 7. The van der Waals surface area contributed by atoms with Gasteiger partial charge in [0, 0.05) is 19.6 Å². The molecule has 9 nitrogen and oxygen atoms in total. The lowest BCUT2D eigenvalue weighted by molar-refractivity contribution is 0.0505. The third-order valence-electron chi connectivity index (χ3n) is 7.32. The molecule has 0 saturated carbocycles. The van der Waals surface area contributed by atoms with Crippen LogP contribution in [0.2, 0.25) is 0 Å². The van der Waals surface area contributed by atoms with Crippen LogP contribution in [0.4, 0.5) is 5.69 Å². The first-order chi connectivity index (χ1) is 18.8. The van der Waals surface area contributed by atoms with E-state index in [0.717, 1.165) is 42.6 Å². The molecule has 1 aliphatic heterocycles. The minimum Gasteiger partial charge on any atom is -0.484 e. The standard InChI is InChI=1S/C29H40N4O5S/c1-21-5-4-12-33(20-21)28-19-25-26(17-22(2)18-27(25)31-3)29(28)38-23-6-8-24(9-7-23)39(34,35)32-11-14-37-16-15-36-13-10-30/h6-9,17-18,21,28-29,32H,4-5,10-16,19-20,30H2,1-2H3/t21-,28-,29-/m0/s1. The van der Waals surface area contributed by atoms with E-state index >= 15 is 0 Å². The van der Waals surface area contributed by atoms with Gasteiger partial charge in [0.05, 0.1) is 43.9 Å². The normalized spacial score (nSPS) is 21.4. The Morgan fingerprint density at radius 3 is 2.56 bits per heavy atom. The largest absolute Gasteiger partial charge is 0.484 e. The Labute approximate surface area is 232 Å². The molecule has 0 aromatic heterocycles. The highest BCUT2D eigenvalue weighted by Crippen LogP contribution is 2.43. The second-order valence-electron chi connectivity index (χ2n) is 10.4. The first-order valence-corrected chi connectivity index (χ1v) is 15.2. The minimum absolute atomic E-state index is 0.135. The molecule has 212 valence electrons. The summed E-state index contributed by atoms with van der Waals surface area (Å²) in [4.78, 5) is 6.49. The average molecular weight is 557 g/mol. The van der Waals surface area contributed by atoms with Crippen LogP contribution in [0.25, 0.3) is 4.85 Å². The van der Waals surface area contributed by atoms with E-state index in [1.807, 2.05) is 13.0 Å². The number of piperidine rings is 1. The number of sulfonamides is 1. The monoisotopic (exact) mass is 556 g/mol. The smallest absolute Gasteiger partial charge is 0.240 e. The average Bonchev–Trinajstić information content (AvgIpc) is 3.28. The number of nitrogens with zero attached hydrogens (tertiary/aromatic N) is 2. The number of hydrogen-bond donors (Lipinski definition) is 2. The first-order valence-electron chi connectivity index (χ1n) is 13.7. The van der Waals surface area contributed by atoms with Crippen molar-refractivity contribution in [2.45, 2.75) is 50.2 Å². The molecule has 0 unspecified atom stereocenters. The first kappa shape index (κ1) is 29.5. The minimum atomic E-state index is -3.68. The number of aryl methyl sites for hydroxylation is 1. The Kier molecular flexibility index (Phi) is 10.4. The fourth-order valence-corrected chi connectivity index (χ4v) is 6.51. The van der Waals surface area contributed by atoms with E-state index in [4.69, 9.17) is 26.5 Å². The topological polar surface area (TPSA) is 107 Å². The molecule has 4 rings (SSSR count). The summed E-state index contributed by atoms with van der Waals surface area (Å²) < 4.78 is 45.2. The van der Waals surface area contributed by atoms with E-state index in [-0.39, 0.29) is 30.2 Å². The molecule has 0 bridgehead atoms. The third-order valence-corrected chi connectivity index (χ3v) is 8.80. The molecule has 0 amide bonds. The van der Waals surface area contributed by atoms with Crippen LogP contribution < -0.4 is 15.2 Å². The van der Waals surface area contributed by atoms with E-state index in [0.29, 0.717) is 43.7 Å². The predicted octanol–water partition coefficient (Wildman–Crippen LogP) is 3.59. The van der Waals surface area contributed by atoms with Crippen molar-refractivity contribution in [3.8, 4) is 5.75 Å². The zero-order valence-electron chi connectivity index (χ0n) is 22.9. The van der Waals surface area contributed by atoms with E-state index in [9.17, 15) is 8.42 Å². The maximum absolute atomic E-state index is 12.7. The predicted molar refractivity (Wildman–Crippen MR) is 151 cm³/mol. The van der Waals surface area contributed by atoms with Crippen LogP contribution in [0.5, 0.6) is 5.75 Å². The number of likely N-dealkylation sites (tertiary alicyclic amines) is 1. The molecular formula is C29H40N4O5S. The van der Waals surface area contributed by atoms with E-state index in [1.165, 1.54) is 6.42 Å². The zero-order chi connectivity index (χ0) is 27.8. The highest BCUT2D eigenvalue weighted by Gasteiger charge is 2.40. The Hall–Kier alpha value is -2.52. The van der Waals surface area contributed by atoms with Crippen molar-refractivity contribution in [1.29, 1.82) is 0 Å². The van der Waals surface area contributed by atoms with Gasteiger partial charge in [-0.25, -0.2) is 18.0 Å². The summed E-state index contributed by atoms with van der Waals surface area (Å²) in [6.45, 7) is 16.2. The summed E-state index contributed by atoms with van der Waals surface area (Å²) in [6, 6.07) is 10.8. The molecule has 2 aromatic rings. The van der Waals surface area contributed by atoms with Crippen LogP contribution in [-0.4, -0.2) is 72.0 Å². The van der Waals surface area contributed by atoms with Gasteiger partial charge < -0.3 is 19.9 Å². The molecule has 2 aromatic carbocycles. The maximum Gasteiger partial charge on any atom is 0.240 e. The van der Waals surface area contributed by atoms with Gasteiger partial charge in [-0.3, -0.25) is 4.90 Å². The Morgan fingerprint density at radius 1 is 1.13 bits per heavy atom. The molecule has 39 heavy (non-hydrogen) atoms. The highest BCUT2D eigenvalue weighted by molar-refractivity contribution is 7.89. The third kappa shape index (κ3) is 7.57. The summed E-state index contributed by atoms with van der Waals surface area (Å²) in [6.07, 6.45) is 2.94. The van der Waals surface area contributed by atoms with Crippen LogP contribution in [-0.2, 0) is 25.9 Å². The van der Waals surface area contributed by atoms with Crippen molar-refractivity contribution in [2.75, 3.05) is 52.6 Å². The van der Waals surface area contributed by atoms with Gasteiger partial charge in [-0.2, -0.15) is 0 Å². The molecule has 0 spiro atoms. The number of rotatable bonds is 13.